The molecule has 10 heteroatoms. The molecule has 0 amide bonds. The second-order valence-electron chi connectivity index (χ2n) is 7.60. The molecule has 1 aliphatic rings. The van der Waals surface area contributed by atoms with E-state index in [0.717, 1.165) is 38.2 Å². The number of rotatable bonds is 8. The summed E-state index contributed by atoms with van der Waals surface area (Å²) in [5.41, 5.74) is 0.0724. The van der Waals surface area contributed by atoms with E-state index in [2.05, 4.69) is 15.3 Å². The van der Waals surface area contributed by atoms with Crippen LogP contribution in [0.5, 0.6) is 5.88 Å². The Morgan fingerprint density at radius 3 is 2.55 bits per heavy atom. The zero-order valence-electron chi connectivity index (χ0n) is 18.4. The van der Waals surface area contributed by atoms with Crippen LogP contribution >= 0.6 is 0 Å². The molecule has 0 atom stereocenters. The minimum atomic E-state index is -4.65. The minimum absolute atomic E-state index is 0.0256. The second-order valence-corrected chi connectivity index (χ2v) is 7.60. The number of hydrogen-bond acceptors (Lipinski definition) is 7. The van der Waals surface area contributed by atoms with Gasteiger partial charge >= 0.3 is 12.1 Å². The molecule has 1 heterocycles. The van der Waals surface area contributed by atoms with Crippen molar-refractivity contribution in [2.45, 2.75) is 50.9 Å². The van der Waals surface area contributed by atoms with Gasteiger partial charge in [-0.05, 0) is 24.0 Å². The summed E-state index contributed by atoms with van der Waals surface area (Å²) in [7, 11) is 2.63. The van der Waals surface area contributed by atoms with Gasteiger partial charge in [0.15, 0.2) is 5.69 Å². The van der Waals surface area contributed by atoms with Gasteiger partial charge in [0.25, 0.3) is 0 Å². The van der Waals surface area contributed by atoms with Crippen molar-refractivity contribution in [3.05, 3.63) is 53.4 Å². The Kier molecular flexibility index (Phi) is 8.13. The topological polar surface area (TPSA) is 82.6 Å². The van der Waals surface area contributed by atoms with E-state index < -0.39 is 17.8 Å². The highest BCUT2D eigenvalue weighted by atomic mass is 19.4. The molecule has 0 spiro atoms. The molecule has 0 saturated heterocycles. The minimum Gasteiger partial charge on any atom is -0.503 e. The van der Waals surface area contributed by atoms with Crippen molar-refractivity contribution in [2.75, 3.05) is 19.5 Å². The van der Waals surface area contributed by atoms with Crippen molar-refractivity contribution < 1.29 is 32.2 Å². The third-order valence-electron chi connectivity index (χ3n) is 5.26. The van der Waals surface area contributed by atoms with Crippen molar-refractivity contribution in [2.24, 2.45) is 0 Å². The standard InChI is InChI=1S/C23H26F3N3O4/c1-31-14-18(21(30)32-2)17-11-7-6-8-15(17)13-33-20-12-19(23(24,25)26)28-22(29-20)27-16-9-4-3-5-10-16/h6-8,11-12,14,16H,3-5,9-10,13H2,1-2H3,(H,27,28,29)/b18-14-. The molecule has 33 heavy (non-hydrogen) atoms. The number of nitrogens with one attached hydrogen (secondary N) is 1. The van der Waals surface area contributed by atoms with E-state index in [-0.39, 0.29) is 30.1 Å². The highest BCUT2D eigenvalue weighted by Crippen LogP contribution is 2.31. The van der Waals surface area contributed by atoms with Crippen LogP contribution in [-0.4, -0.2) is 36.2 Å². The number of carbonyl (C=O) groups is 1. The van der Waals surface area contributed by atoms with Crippen LogP contribution in [0.25, 0.3) is 5.57 Å². The Labute approximate surface area is 190 Å². The fourth-order valence-corrected chi connectivity index (χ4v) is 3.65. The van der Waals surface area contributed by atoms with Gasteiger partial charge in [0.1, 0.15) is 12.2 Å². The fraction of sp³-hybridized carbons (Fsp3) is 0.435. The smallest absolute Gasteiger partial charge is 0.433 e. The summed E-state index contributed by atoms with van der Waals surface area (Å²) >= 11 is 0. The molecule has 1 aliphatic carbocycles. The lowest BCUT2D eigenvalue weighted by Gasteiger charge is -2.23. The Balaban J connectivity index is 1.85. The number of anilines is 1. The number of halogens is 3. The molecule has 1 aromatic heterocycles. The van der Waals surface area contributed by atoms with Gasteiger partial charge in [-0.2, -0.15) is 18.2 Å². The molecular formula is C23H26F3N3O4. The number of ether oxygens (including phenoxy) is 3. The number of hydrogen-bond donors (Lipinski definition) is 1. The summed E-state index contributed by atoms with van der Waals surface area (Å²) in [6.07, 6.45) is 1.42. The van der Waals surface area contributed by atoms with E-state index >= 15 is 0 Å². The maximum Gasteiger partial charge on any atom is 0.433 e. The first kappa shape index (κ1) is 24.3. The number of esters is 1. The van der Waals surface area contributed by atoms with E-state index in [0.29, 0.717) is 11.1 Å². The molecule has 2 aromatic rings. The zero-order chi connectivity index (χ0) is 23.8. The Bertz CT molecular complexity index is 989. The quantitative estimate of drug-likeness (QED) is 0.335. The monoisotopic (exact) mass is 465 g/mol. The number of carbonyl (C=O) groups excluding carboxylic acids is 1. The SMILES string of the molecule is CO/C=C(\C(=O)OC)c1ccccc1COc1cc(C(F)(F)F)nc(NC2CCCCC2)n1. The van der Waals surface area contributed by atoms with E-state index in [1.165, 1.54) is 20.5 Å². The number of nitrogens with zero attached hydrogens (tertiary/aromatic N) is 2. The van der Waals surface area contributed by atoms with Gasteiger partial charge in [0, 0.05) is 12.1 Å². The Morgan fingerprint density at radius 2 is 1.88 bits per heavy atom. The molecular weight excluding hydrogens is 439 g/mol. The van der Waals surface area contributed by atoms with Crippen LogP contribution in [0.2, 0.25) is 0 Å². The lowest BCUT2D eigenvalue weighted by atomic mass is 9.96. The zero-order valence-corrected chi connectivity index (χ0v) is 18.4. The molecule has 178 valence electrons. The van der Waals surface area contributed by atoms with Crippen LogP contribution in [0.1, 0.15) is 48.9 Å². The molecule has 0 radical (unpaired) electrons. The Hall–Kier alpha value is -3.30. The largest absolute Gasteiger partial charge is 0.503 e. The van der Waals surface area contributed by atoms with E-state index in [4.69, 9.17) is 14.2 Å². The van der Waals surface area contributed by atoms with Gasteiger partial charge < -0.3 is 19.5 Å². The van der Waals surface area contributed by atoms with Crippen LogP contribution in [0.4, 0.5) is 19.1 Å². The van der Waals surface area contributed by atoms with Gasteiger partial charge in [-0.1, -0.05) is 43.5 Å². The Morgan fingerprint density at radius 1 is 1.15 bits per heavy atom. The first-order chi connectivity index (χ1) is 15.8. The lowest BCUT2D eigenvalue weighted by molar-refractivity contribution is -0.141. The fourth-order valence-electron chi connectivity index (χ4n) is 3.65. The molecule has 1 aromatic carbocycles. The average molecular weight is 465 g/mol. The van der Waals surface area contributed by atoms with E-state index in [1.54, 1.807) is 24.3 Å². The number of methoxy groups -OCH3 is 2. The molecule has 0 unspecified atom stereocenters. The third kappa shape index (κ3) is 6.59. The van der Waals surface area contributed by atoms with Crippen LogP contribution in [0, 0.1) is 0 Å². The van der Waals surface area contributed by atoms with Gasteiger partial charge in [-0.3, -0.25) is 0 Å². The molecule has 0 aliphatic heterocycles. The van der Waals surface area contributed by atoms with Crippen LogP contribution in [0.15, 0.2) is 36.6 Å². The third-order valence-corrected chi connectivity index (χ3v) is 5.26. The highest BCUT2D eigenvalue weighted by molar-refractivity contribution is 6.16. The first-order valence-corrected chi connectivity index (χ1v) is 10.6. The lowest BCUT2D eigenvalue weighted by Crippen LogP contribution is -2.24. The molecule has 3 rings (SSSR count). The molecule has 1 saturated carbocycles. The van der Waals surface area contributed by atoms with Gasteiger partial charge in [-0.15, -0.1) is 0 Å². The maximum atomic E-state index is 13.4. The second kappa shape index (κ2) is 11.0. The highest BCUT2D eigenvalue weighted by Gasteiger charge is 2.34. The first-order valence-electron chi connectivity index (χ1n) is 10.6. The van der Waals surface area contributed by atoms with E-state index in [1.807, 2.05) is 0 Å². The van der Waals surface area contributed by atoms with Gasteiger partial charge in [-0.25, -0.2) is 9.78 Å². The predicted molar refractivity (Wildman–Crippen MR) is 115 cm³/mol. The van der Waals surface area contributed by atoms with Crippen LogP contribution in [0.3, 0.4) is 0 Å². The molecule has 1 fully saturated rings. The predicted octanol–water partition coefficient (Wildman–Crippen LogP) is 4.98. The summed E-state index contributed by atoms with van der Waals surface area (Å²) < 4.78 is 55.7. The molecule has 0 bridgehead atoms. The summed E-state index contributed by atoms with van der Waals surface area (Å²) in [5.74, 6) is -0.958. The van der Waals surface area contributed by atoms with Crippen molar-refractivity contribution in [3.8, 4) is 5.88 Å². The number of benzene rings is 1. The van der Waals surface area contributed by atoms with Crippen LogP contribution in [-0.2, 0) is 27.1 Å². The summed E-state index contributed by atoms with van der Waals surface area (Å²) in [6.45, 7) is -0.134. The summed E-state index contributed by atoms with van der Waals surface area (Å²) in [4.78, 5) is 19.9. The van der Waals surface area contributed by atoms with Crippen molar-refractivity contribution >= 4 is 17.5 Å². The summed E-state index contributed by atoms with van der Waals surface area (Å²) in [6, 6.07) is 7.58. The normalized spacial score (nSPS) is 15.1. The maximum absolute atomic E-state index is 13.4. The van der Waals surface area contributed by atoms with E-state index in [9.17, 15) is 18.0 Å². The van der Waals surface area contributed by atoms with Crippen molar-refractivity contribution in [1.82, 2.24) is 9.97 Å². The number of alkyl halides is 3. The van der Waals surface area contributed by atoms with Gasteiger partial charge in [0.05, 0.1) is 20.5 Å². The average Bonchev–Trinajstić information content (AvgIpc) is 2.81. The van der Waals surface area contributed by atoms with Crippen molar-refractivity contribution in [1.29, 1.82) is 0 Å². The van der Waals surface area contributed by atoms with Crippen LogP contribution < -0.4 is 10.1 Å². The van der Waals surface area contributed by atoms with Crippen molar-refractivity contribution in [3.63, 3.8) is 0 Å². The van der Waals surface area contributed by atoms with Gasteiger partial charge in [0.2, 0.25) is 11.8 Å². The molecule has 1 N–H and O–H groups in total. The molecule has 7 nitrogen and oxygen atoms in total. The number of aromatic nitrogens is 2. The summed E-state index contributed by atoms with van der Waals surface area (Å²) in [5, 5.41) is 3.01.